The van der Waals surface area contributed by atoms with Crippen molar-refractivity contribution in [3.8, 4) is 0 Å². The lowest BCUT2D eigenvalue weighted by atomic mass is 10.2. The standard InChI is InChI=1S/C9H5N3O3/c13-11-8-5-10-7-4-2-1-3-6(7)9(8)12(14)15/h1-5H. The van der Waals surface area contributed by atoms with E-state index in [0.29, 0.717) is 10.9 Å². The molecule has 0 fully saturated rings. The Kier molecular flexibility index (Phi) is 2.09. The lowest BCUT2D eigenvalue weighted by Crippen LogP contribution is -1.91. The summed E-state index contributed by atoms with van der Waals surface area (Å²) in [5.41, 5.74) is -0.0779. The Bertz CT molecular complexity index is 553. The largest absolute Gasteiger partial charge is 0.309 e. The predicted molar refractivity (Wildman–Crippen MR) is 53.9 cm³/mol. The van der Waals surface area contributed by atoms with Gasteiger partial charge in [0.1, 0.15) is 0 Å². The van der Waals surface area contributed by atoms with E-state index in [9.17, 15) is 15.0 Å². The molecule has 1 aromatic carbocycles. The predicted octanol–water partition coefficient (Wildman–Crippen LogP) is 2.54. The molecule has 0 radical (unpaired) electrons. The number of para-hydroxylation sites is 1. The zero-order valence-electron chi connectivity index (χ0n) is 7.45. The maximum absolute atomic E-state index is 10.8. The summed E-state index contributed by atoms with van der Waals surface area (Å²) < 4.78 is 0. The molecule has 0 saturated heterocycles. The molecule has 0 saturated carbocycles. The van der Waals surface area contributed by atoms with Crippen LogP contribution in [0.1, 0.15) is 0 Å². The Balaban J connectivity index is 2.90. The zero-order valence-corrected chi connectivity index (χ0v) is 7.45. The van der Waals surface area contributed by atoms with Crippen LogP contribution in [0.15, 0.2) is 35.6 Å². The van der Waals surface area contributed by atoms with E-state index in [0.717, 1.165) is 6.20 Å². The second-order valence-electron chi connectivity index (χ2n) is 2.86. The number of fused-ring (bicyclic) bond motifs is 1. The number of rotatable bonds is 2. The van der Waals surface area contributed by atoms with Crippen LogP contribution >= 0.6 is 0 Å². The molecule has 0 amide bonds. The summed E-state index contributed by atoms with van der Waals surface area (Å²) in [5.74, 6) is 0. The first-order chi connectivity index (χ1) is 7.24. The first kappa shape index (κ1) is 9.20. The summed E-state index contributed by atoms with van der Waals surface area (Å²) in [6, 6.07) is 6.53. The van der Waals surface area contributed by atoms with Crippen molar-refractivity contribution in [1.29, 1.82) is 0 Å². The average molecular weight is 203 g/mol. The van der Waals surface area contributed by atoms with E-state index >= 15 is 0 Å². The van der Waals surface area contributed by atoms with Gasteiger partial charge in [0.05, 0.1) is 22.0 Å². The van der Waals surface area contributed by atoms with Gasteiger partial charge >= 0.3 is 5.69 Å². The SMILES string of the molecule is O=Nc1cnc2ccccc2c1[N+](=O)[O-]. The summed E-state index contributed by atoms with van der Waals surface area (Å²) in [4.78, 5) is 24.4. The van der Waals surface area contributed by atoms with E-state index < -0.39 is 4.92 Å². The molecule has 0 spiro atoms. The number of nitro groups is 1. The summed E-state index contributed by atoms with van der Waals surface area (Å²) >= 11 is 0. The van der Waals surface area contributed by atoms with Gasteiger partial charge in [-0.1, -0.05) is 12.1 Å². The van der Waals surface area contributed by atoms with Gasteiger partial charge in [-0.25, -0.2) is 0 Å². The fraction of sp³-hybridized carbons (Fsp3) is 0. The molecule has 0 atom stereocenters. The summed E-state index contributed by atoms with van der Waals surface area (Å²) in [5, 5.41) is 13.7. The van der Waals surface area contributed by atoms with E-state index in [1.807, 2.05) is 0 Å². The fourth-order valence-corrected chi connectivity index (χ4v) is 1.37. The molecule has 6 nitrogen and oxygen atoms in total. The highest BCUT2D eigenvalue weighted by atomic mass is 16.6. The molecule has 0 aliphatic carbocycles. The quantitative estimate of drug-likeness (QED) is 0.426. The third-order valence-electron chi connectivity index (χ3n) is 2.01. The smallest absolute Gasteiger partial charge is 0.258 e. The highest BCUT2D eigenvalue weighted by molar-refractivity contribution is 5.92. The van der Waals surface area contributed by atoms with Crippen LogP contribution in [-0.2, 0) is 0 Å². The Morgan fingerprint density at radius 1 is 1.33 bits per heavy atom. The lowest BCUT2D eigenvalue weighted by molar-refractivity contribution is -0.382. The molecule has 6 heteroatoms. The third-order valence-corrected chi connectivity index (χ3v) is 2.01. The van der Waals surface area contributed by atoms with Crippen molar-refractivity contribution in [3.05, 3.63) is 45.5 Å². The van der Waals surface area contributed by atoms with E-state index in [-0.39, 0.29) is 11.4 Å². The summed E-state index contributed by atoms with van der Waals surface area (Å²) in [7, 11) is 0. The second-order valence-corrected chi connectivity index (χ2v) is 2.86. The maximum Gasteiger partial charge on any atom is 0.309 e. The second kappa shape index (κ2) is 3.41. The van der Waals surface area contributed by atoms with Gasteiger partial charge in [-0.2, -0.15) is 0 Å². The molecule has 74 valence electrons. The van der Waals surface area contributed by atoms with Crippen LogP contribution in [0, 0.1) is 15.0 Å². The van der Waals surface area contributed by atoms with Crippen molar-refractivity contribution in [1.82, 2.24) is 4.98 Å². The number of hydrogen-bond acceptors (Lipinski definition) is 5. The van der Waals surface area contributed by atoms with Crippen LogP contribution in [0.4, 0.5) is 11.4 Å². The molecule has 2 aromatic rings. The summed E-state index contributed by atoms with van der Waals surface area (Å²) in [6.45, 7) is 0. The Morgan fingerprint density at radius 2 is 2.07 bits per heavy atom. The van der Waals surface area contributed by atoms with Crippen LogP contribution in [-0.4, -0.2) is 9.91 Å². The number of benzene rings is 1. The number of aromatic nitrogens is 1. The van der Waals surface area contributed by atoms with Crippen LogP contribution in [0.2, 0.25) is 0 Å². The van der Waals surface area contributed by atoms with E-state index in [2.05, 4.69) is 10.2 Å². The van der Waals surface area contributed by atoms with Gasteiger partial charge in [-0.3, -0.25) is 15.1 Å². The van der Waals surface area contributed by atoms with Crippen molar-refractivity contribution in [2.45, 2.75) is 0 Å². The van der Waals surface area contributed by atoms with Gasteiger partial charge in [0.25, 0.3) is 0 Å². The van der Waals surface area contributed by atoms with E-state index in [4.69, 9.17) is 0 Å². The molecule has 1 heterocycles. The highest BCUT2D eigenvalue weighted by Crippen LogP contribution is 2.33. The number of nitrogens with zero attached hydrogens (tertiary/aromatic N) is 3. The van der Waals surface area contributed by atoms with Crippen LogP contribution in [0.25, 0.3) is 10.9 Å². The van der Waals surface area contributed by atoms with Crippen LogP contribution in [0.5, 0.6) is 0 Å². The molecular weight excluding hydrogens is 198 g/mol. The molecule has 0 bridgehead atoms. The highest BCUT2D eigenvalue weighted by Gasteiger charge is 2.19. The molecule has 0 aliphatic heterocycles. The molecule has 15 heavy (non-hydrogen) atoms. The fourth-order valence-electron chi connectivity index (χ4n) is 1.37. The average Bonchev–Trinajstić information content (AvgIpc) is 2.27. The Hall–Kier alpha value is -2.37. The molecule has 0 aliphatic rings. The molecular formula is C9H5N3O3. The Morgan fingerprint density at radius 3 is 2.73 bits per heavy atom. The lowest BCUT2D eigenvalue weighted by Gasteiger charge is -1.99. The first-order valence-electron chi connectivity index (χ1n) is 4.09. The topological polar surface area (TPSA) is 85.5 Å². The van der Waals surface area contributed by atoms with E-state index in [1.54, 1.807) is 18.2 Å². The van der Waals surface area contributed by atoms with Crippen molar-refractivity contribution < 1.29 is 4.92 Å². The van der Waals surface area contributed by atoms with Crippen molar-refractivity contribution >= 4 is 22.3 Å². The van der Waals surface area contributed by atoms with Gasteiger partial charge in [-0.05, 0) is 17.3 Å². The van der Waals surface area contributed by atoms with Crippen molar-refractivity contribution in [2.24, 2.45) is 5.18 Å². The molecule has 0 unspecified atom stereocenters. The van der Waals surface area contributed by atoms with E-state index in [1.165, 1.54) is 6.07 Å². The molecule has 1 aromatic heterocycles. The molecule has 0 N–H and O–H groups in total. The normalized spacial score (nSPS) is 10.1. The van der Waals surface area contributed by atoms with Gasteiger partial charge in [-0.15, -0.1) is 4.91 Å². The van der Waals surface area contributed by atoms with Gasteiger partial charge < -0.3 is 0 Å². The van der Waals surface area contributed by atoms with Crippen LogP contribution < -0.4 is 0 Å². The summed E-state index contributed by atoms with van der Waals surface area (Å²) in [6.07, 6.45) is 1.10. The minimum Gasteiger partial charge on any atom is -0.258 e. The zero-order chi connectivity index (χ0) is 10.8. The number of hydrogen-bond donors (Lipinski definition) is 0. The Labute approximate surface area is 83.7 Å². The number of pyridine rings is 1. The minimum absolute atomic E-state index is 0.251. The van der Waals surface area contributed by atoms with Crippen LogP contribution in [0.3, 0.4) is 0 Å². The maximum atomic E-state index is 10.8. The van der Waals surface area contributed by atoms with Crippen molar-refractivity contribution in [3.63, 3.8) is 0 Å². The van der Waals surface area contributed by atoms with Gasteiger partial charge in [0, 0.05) is 0 Å². The number of nitroso groups, excluding NO2 is 1. The van der Waals surface area contributed by atoms with Gasteiger partial charge in [0.15, 0.2) is 0 Å². The minimum atomic E-state index is -0.624. The third kappa shape index (κ3) is 1.41. The van der Waals surface area contributed by atoms with Gasteiger partial charge in [0.2, 0.25) is 5.69 Å². The molecule has 2 rings (SSSR count). The van der Waals surface area contributed by atoms with Crippen molar-refractivity contribution in [2.75, 3.05) is 0 Å². The first-order valence-corrected chi connectivity index (χ1v) is 4.09. The monoisotopic (exact) mass is 203 g/mol.